The van der Waals surface area contributed by atoms with E-state index in [4.69, 9.17) is 11.6 Å². The summed E-state index contributed by atoms with van der Waals surface area (Å²) in [6.07, 6.45) is 0. The molecule has 0 aliphatic heterocycles. The minimum Gasteiger partial charge on any atom is -0.332 e. The van der Waals surface area contributed by atoms with Crippen molar-refractivity contribution in [2.45, 2.75) is 13.8 Å². The van der Waals surface area contributed by atoms with E-state index < -0.39 is 22.4 Å². The van der Waals surface area contributed by atoms with Gasteiger partial charge < -0.3 is 10.2 Å². The number of amides is 2. The number of carbonyl (C=O) groups is 2. The predicted molar refractivity (Wildman–Crippen MR) is 99.6 cm³/mol. The van der Waals surface area contributed by atoms with Crippen LogP contribution in [0.1, 0.15) is 21.5 Å². The number of anilines is 1. The number of halogens is 1. The summed E-state index contributed by atoms with van der Waals surface area (Å²) in [4.78, 5) is 36.4. The van der Waals surface area contributed by atoms with Crippen LogP contribution in [0, 0.1) is 24.0 Å². The molecule has 0 aromatic heterocycles. The second-order valence-corrected chi connectivity index (χ2v) is 6.33. The lowest BCUT2D eigenvalue weighted by Crippen LogP contribution is -2.35. The molecule has 1 N–H and O–H groups in total. The number of carbonyl (C=O) groups excluding carboxylic acids is 2. The predicted octanol–water partition coefficient (Wildman–Crippen LogP) is 3.58. The van der Waals surface area contributed by atoms with Crippen LogP contribution in [0.2, 0.25) is 5.02 Å². The van der Waals surface area contributed by atoms with Crippen LogP contribution in [0.25, 0.3) is 0 Å². The summed E-state index contributed by atoms with van der Waals surface area (Å²) in [6.45, 7) is 3.50. The fourth-order valence-corrected chi connectivity index (χ4v) is 2.69. The molecule has 8 heteroatoms. The minimum absolute atomic E-state index is 0.123. The molecule has 26 heavy (non-hydrogen) atoms. The van der Waals surface area contributed by atoms with Crippen LogP contribution in [-0.4, -0.2) is 35.2 Å². The highest BCUT2D eigenvalue weighted by Gasteiger charge is 2.24. The molecule has 2 rings (SSSR count). The highest BCUT2D eigenvalue weighted by molar-refractivity contribution is 6.31. The summed E-state index contributed by atoms with van der Waals surface area (Å²) in [6, 6.07) is 9.41. The molecule has 2 aromatic carbocycles. The average Bonchev–Trinajstić information content (AvgIpc) is 2.57. The molecular weight excluding hydrogens is 358 g/mol. The maximum absolute atomic E-state index is 12.5. The molecule has 0 saturated heterocycles. The fraction of sp³-hybridized carbons (Fsp3) is 0.222. The van der Waals surface area contributed by atoms with E-state index in [1.807, 2.05) is 32.0 Å². The molecule has 0 radical (unpaired) electrons. The van der Waals surface area contributed by atoms with Gasteiger partial charge >= 0.3 is 0 Å². The van der Waals surface area contributed by atoms with E-state index in [1.165, 1.54) is 19.2 Å². The monoisotopic (exact) mass is 375 g/mol. The van der Waals surface area contributed by atoms with Crippen LogP contribution in [0.3, 0.4) is 0 Å². The maximum Gasteiger partial charge on any atom is 0.283 e. The van der Waals surface area contributed by atoms with E-state index in [-0.39, 0.29) is 17.1 Å². The molecule has 0 aliphatic carbocycles. The Morgan fingerprint density at radius 3 is 2.38 bits per heavy atom. The number of nitrogens with zero attached hydrogens (tertiary/aromatic N) is 2. The van der Waals surface area contributed by atoms with Gasteiger partial charge in [0.2, 0.25) is 5.91 Å². The quantitative estimate of drug-likeness (QED) is 0.638. The molecule has 2 amide bonds. The number of para-hydroxylation sites is 1. The fourth-order valence-electron chi connectivity index (χ4n) is 2.52. The van der Waals surface area contributed by atoms with Gasteiger partial charge in [-0.15, -0.1) is 0 Å². The average molecular weight is 376 g/mol. The summed E-state index contributed by atoms with van der Waals surface area (Å²) in [5, 5.41) is 14.1. The molecule has 0 heterocycles. The summed E-state index contributed by atoms with van der Waals surface area (Å²) >= 11 is 5.76. The highest BCUT2D eigenvalue weighted by Crippen LogP contribution is 2.24. The Labute approximate surface area is 155 Å². The number of nitro groups is 1. The third kappa shape index (κ3) is 4.37. The van der Waals surface area contributed by atoms with E-state index in [9.17, 15) is 19.7 Å². The second kappa shape index (κ2) is 7.97. The number of likely N-dealkylation sites (N-methyl/N-ethyl adjacent to an activating group) is 1. The van der Waals surface area contributed by atoms with Crippen molar-refractivity contribution in [3.05, 3.63) is 68.2 Å². The number of hydrogen-bond acceptors (Lipinski definition) is 4. The normalized spacial score (nSPS) is 10.3. The van der Waals surface area contributed by atoms with Gasteiger partial charge in [0.05, 0.1) is 11.5 Å². The van der Waals surface area contributed by atoms with Crippen LogP contribution in [0.5, 0.6) is 0 Å². The van der Waals surface area contributed by atoms with Crippen molar-refractivity contribution in [2.24, 2.45) is 0 Å². The van der Waals surface area contributed by atoms with Gasteiger partial charge in [-0.05, 0) is 37.1 Å². The molecule has 136 valence electrons. The van der Waals surface area contributed by atoms with Gasteiger partial charge in [-0.1, -0.05) is 29.8 Å². The van der Waals surface area contributed by atoms with E-state index in [1.54, 1.807) is 0 Å². The summed E-state index contributed by atoms with van der Waals surface area (Å²) < 4.78 is 0. The van der Waals surface area contributed by atoms with Crippen LogP contribution in [0.4, 0.5) is 11.4 Å². The molecule has 0 unspecified atom stereocenters. The molecule has 0 aliphatic rings. The topological polar surface area (TPSA) is 92.6 Å². The Morgan fingerprint density at radius 2 is 1.81 bits per heavy atom. The lowest BCUT2D eigenvalue weighted by Gasteiger charge is -2.18. The zero-order valence-corrected chi connectivity index (χ0v) is 15.3. The first-order chi connectivity index (χ1) is 12.2. The van der Waals surface area contributed by atoms with Crippen LogP contribution in [-0.2, 0) is 4.79 Å². The number of nitro benzene ring substituents is 1. The molecule has 0 saturated carbocycles. The zero-order chi connectivity index (χ0) is 19.4. The number of nitrogens with one attached hydrogen (secondary N) is 1. The van der Waals surface area contributed by atoms with Crippen molar-refractivity contribution >= 4 is 34.8 Å². The van der Waals surface area contributed by atoms with Crippen molar-refractivity contribution in [2.75, 3.05) is 18.9 Å². The van der Waals surface area contributed by atoms with E-state index in [2.05, 4.69) is 5.32 Å². The molecule has 0 atom stereocenters. The smallest absolute Gasteiger partial charge is 0.283 e. The molecular formula is C18H18ClN3O4. The largest absolute Gasteiger partial charge is 0.332 e. The van der Waals surface area contributed by atoms with Gasteiger partial charge in [-0.25, -0.2) is 0 Å². The van der Waals surface area contributed by atoms with Gasteiger partial charge in [0.15, 0.2) is 0 Å². The third-order valence-corrected chi connectivity index (χ3v) is 4.09. The summed E-state index contributed by atoms with van der Waals surface area (Å²) in [5.74, 6) is -1.03. The van der Waals surface area contributed by atoms with Crippen molar-refractivity contribution in [3.8, 4) is 0 Å². The van der Waals surface area contributed by atoms with Crippen LogP contribution in [0.15, 0.2) is 36.4 Å². The maximum atomic E-state index is 12.5. The minimum atomic E-state index is -0.677. The second-order valence-electron chi connectivity index (χ2n) is 5.89. The Hall–Kier alpha value is -2.93. The van der Waals surface area contributed by atoms with E-state index in [0.717, 1.165) is 22.1 Å². The Kier molecular flexibility index (Phi) is 5.94. The van der Waals surface area contributed by atoms with Crippen molar-refractivity contribution in [1.82, 2.24) is 4.90 Å². The van der Waals surface area contributed by atoms with Crippen LogP contribution >= 0.6 is 11.6 Å². The first-order valence-corrected chi connectivity index (χ1v) is 8.14. The molecule has 0 fully saturated rings. The van der Waals surface area contributed by atoms with Gasteiger partial charge in [-0.2, -0.15) is 0 Å². The number of hydrogen-bond donors (Lipinski definition) is 1. The first kappa shape index (κ1) is 19.4. The SMILES string of the molecule is Cc1cccc(C)c1NC(=O)CN(C)C(=O)c1ccc(Cl)cc1[N+](=O)[O-]. The standard InChI is InChI=1S/C18H18ClN3O4/c1-11-5-4-6-12(2)17(11)20-16(23)10-21(3)18(24)14-8-7-13(19)9-15(14)22(25)26/h4-9H,10H2,1-3H3,(H,20,23). The highest BCUT2D eigenvalue weighted by atomic mass is 35.5. The van der Waals surface area contributed by atoms with E-state index in [0.29, 0.717) is 5.69 Å². The van der Waals surface area contributed by atoms with E-state index >= 15 is 0 Å². The lowest BCUT2D eigenvalue weighted by atomic mass is 10.1. The first-order valence-electron chi connectivity index (χ1n) is 7.76. The Morgan fingerprint density at radius 1 is 1.19 bits per heavy atom. The third-order valence-electron chi connectivity index (χ3n) is 3.86. The van der Waals surface area contributed by atoms with Gasteiger partial charge in [-0.3, -0.25) is 19.7 Å². The van der Waals surface area contributed by atoms with Gasteiger partial charge in [0, 0.05) is 23.8 Å². The number of aryl methyl sites for hydroxylation is 2. The summed E-state index contributed by atoms with van der Waals surface area (Å²) in [5.41, 5.74) is 1.98. The lowest BCUT2D eigenvalue weighted by molar-refractivity contribution is -0.385. The van der Waals surface area contributed by atoms with Gasteiger partial charge in [0.25, 0.3) is 11.6 Å². The zero-order valence-electron chi connectivity index (χ0n) is 14.6. The number of benzene rings is 2. The number of rotatable bonds is 5. The molecule has 0 bridgehead atoms. The molecule has 0 spiro atoms. The summed E-state index contributed by atoms with van der Waals surface area (Å²) in [7, 11) is 1.41. The van der Waals surface area contributed by atoms with Crippen LogP contribution < -0.4 is 5.32 Å². The molecule has 7 nitrogen and oxygen atoms in total. The van der Waals surface area contributed by atoms with Crippen molar-refractivity contribution in [1.29, 1.82) is 0 Å². The molecule has 2 aromatic rings. The van der Waals surface area contributed by atoms with Crippen molar-refractivity contribution in [3.63, 3.8) is 0 Å². The Bertz CT molecular complexity index is 862. The van der Waals surface area contributed by atoms with Crippen molar-refractivity contribution < 1.29 is 14.5 Å². The van der Waals surface area contributed by atoms with Gasteiger partial charge in [0.1, 0.15) is 5.56 Å². The Balaban J connectivity index is 2.15.